The molecule has 1 aromatic carbocycles. The van der Waals surface area contributed by atoms with E-state index in [0.29, 0.717) is 6.42 Å². The molecule has 2 amide bonds. The highest BCUT2D eigenvalue weighted by Crippen LogP contribution is 2.21. The summed E-state index contributed by atoms with van der Waals surface area (Å²) in [5.74, 6) is -0.308. The molecule has 0 saturated heterocycles. The molecule has 2 rings (SSSR count). The number of carbonyl (C=O) groups excluding carboxylic acids is 2. The Morgan fingerprint density at radius 2 is 2.05 bits per heavy atom. The number of hydrogen-bond acceptors (Lipinski definition) is 2. The van der Waals surface area contributed by atoms with Crippen LogP contribution in [0.15, 0.2) is 48.7 Å². The van der Waals surface area contributed by atoms with E-state index in [9.17, 15) is 9.59 Å². The Morgan fingerprint density at radius 3 is 2.76 bits per heavy atom. The molecule has 4 heteroatoms. The molecule has 1 heterocycles. The van der Waals surface area contributed by atoms with Gasteiger partial charge in [0.1, 0.15) is 5.54 Å². The van der Waals surface area contributed by atoms with Crippen molar-refractivity contribution in [3.8, 4) is 0 Å². The summed E-state index contributed by atoms with van der Waals surface area (Å²) in [5.41, 5.74) is 0.849. The molecule has 0 aliphatic carbocycles. The average Bonchev–Trinajstić information content (AvgIpc) is 2.63. The second-order valence-corrected chi connectivity index (χ2v) is 5.62. The summed E-state index contributed by atoms with van der Waals surface area (Å²) < 4.78 is 0. The van der Waals surface area contributed by atoms with Crippen molar-refractivity contribution >= 4 is 17.5 Å². The van der Waals surface area contributed by atoms with E-state index in [1.807, 2.05) is 37.3 Å². The van der Waals surface area contributed by atoms with Crippen molar-refractivity contribution in [2.45, 2.75) is 32.7 Å². The van der Waals surface area contributed by atoms with Crippen LogP contribution in [-0.4, -0.2) is 22.3 Å². The van der Waals surface area contributed by atoms with E-state index in [1.54, 1.807) is 32.2 Å². The second-order valence-electron chi connectivity index (χ2n) is 5.62. The van der Waals surface area contributed by atoms with E-state index in [1.165, 1.54) is 4.90 Å². The van der Waals surface area contributed by atoms with Crippen LogP contribution < -0.4 is 5.32 Å². The first-order valence-corrected chi connectivity index (χ1v) is 6.95. The number of amides is 2. The van der Waals surface area contributed by atoms with Gasteiger partial charge in [-0.05, 0) is 44.5 Å². The van der Waals surface area contributed by atoms with Crippen molar-refractivity contribution in [3.05, 3.63) is 54.3 Å². The minimum absolute atomic E-state index is 0.0932. The van der Waals surface area contributed by atoms with Gasteiger partial charge < -0.3 is 10.2 Å². The van der Waals surface area contributed by atoms with Crippen molar-refractivity contribution < 1.29 is 9.59 Å². The van der Waals surface area contributed by atoms with Crippen molar-refractivity contribution in [2.75, 3.05) is 5.32 Å². The molecule has 21 heavy (non-hydrogen) atoms. The van der Waals surface area contributed by atoms with Gasteiger partial charge in [0.15, 0.2) is 0 Å². The molecule has 4 nitrogen and oxygen atoms in total. The standard InChI is InChI=1S/C17H20N2O2/c1-13-8-7-9-14(12-13)18-16(21)17(2,3)19-11-6-4-5-10-15(19)20/h4-9,11-12H,10H2,1-3H3,(H,18,21). The van der Waals surface area contributed by atoms with Gasteiger partial charge in [0.25, 0.3) is 0 Å². The maximum Gasteiger partial charge on any atom is 0.250 e. The Bertz CT molecular complexity index is 615. The van der Waals surface area contributed by atoms with Gasteiger partial charge in [-0.3, -0.25) is 9.59 Å². The number of allylic oxidation sites excluding steroid dienone is 2. The van der Waals surface area contributed by atoms with E-state index in [0.717, 1.165) is 11.3 Å². The van der Waals surface area contributed by atoms with Crippen LogP contribution in [0.1, 0.15) is 25.8 Å². The lowest BCUT2D eigenvalue weighted by Crippen LogP contribution is -2.52. The summed E-state index contributed by atoms with van der Waals surface area (Å²) in [4.78, 5) is 26.1. The zero-order valence-corrected chi connectivity index (χ0v) is 12.6. The zero-order chi connectivity index (χ0) is 15.5. The number of rotatable bonds is 3. The Morgan fingerprint density at radius 1 is 1.29 bits per heavy atom. The fourth-order valence-corrected chi connectivity index (χ4v) is 2.18. The van der Waals surface area contributed by atoms with Gasteiger partial charge in [0, 0.05) is 18.3 Å². The van der Waals surface area contributed by atoms with Gasteiger partial charge in [-0.1, -0.05) is 24.3 Å². The molecular formula is C17H20N2O2. The molecule has 1 aliphatic rings. The molecule has 110 valence electrons. The first-order chi connectivity index (χ1) is 9.91. The van der Waals surface area contributed by atoms with Crippen molar-refractivity contribution in [2.24, 2.45) is 0 Å². The highest BCUT2D eigenvalue weighted by atomic mass is 16.2. The average molecular weight is 284 g/mol. The smallest absolute Gasteiger partial charge is 0.250 e. The summed E-state index contributed by atoms with van der Waals surface area (Å²) in [5, 5.41) is 2.87. The number of aryl methyl sites for hydroxylation is 1. The minimum Gasteiger partial charge on any atom is -0.324 e. The molecule has 0 fully saturated rings. The van der Waals surface area contributed by atoms with Gasteiger partial charge in [0.2, 0.25) is 11.8 Å². The van der Waals surface area contributed by atoms with Crippen LogP contribution in [0.3, 0.4) is 0 Å². The fraction of sp³-hybridized carbons (Fsp3) is 0.294. The second kappa shape index (κ2) is 5.95. The Balaban J connectivity index is 2.18. The lowest BCUT2D eigenvalue weighted by molar-refractivity contribution is -0.139. The summed E-state index contributed by atoms with van der Waals surface area (Å²) in [6.45, 7) is 5.45. The first-order valence-electron chi connectivity index (χ1n) is 6.95. The van der Waals surface area contributed by atoms with E-state index in [-0.39, 0.29) is 11.8 Å². The molecule has 0 radical (unpaired) electrons. The Labute approximate surface area is 125 Å². The number of carbonyl (C=O) groups is 2. The summed E-state index contributed by atoms with van der Waals surface area (Å²) in [6, 6.07) is 7.59. The lowest BCUT2D eigenvalue weighted by atomic mass is 10.0. The Kier molecular flexibility index (Phi) is 4.26. The van der Waals surface area contributed by atoms with E-state index >= 15 is 0 Å². The molecule has 0 aromatic heterocycles. The number of benzene rings is 1. The molecule has 1 aromatic rings. The largest absolute Gasteiger partial charge is 0.324 e. The van der Waals surface area contributed by atoms with Crippen LogP contribution in [0, 0.1) is 6.92 Å². The monoisotopic (exact) mass is 284 g/mol. The van der Waals surface area contributed by atoms with Gasteiger partial charge in [-0.15, -0.1) is 0 Å². The van der Waals surface area contributed by atoms with E-state index < -0.39 is 5.54 Å². The lowest BCUT2D eigenvalue weighted by Gasteiger charge is -2.34. The third kappa shape index (κ3) is 3.40. The van der Waals surface area contributed by atoms with Gasteiger partial charge in [-0.25, -0.2) is 0 Å². The fourth-order valence-electron chi connectivity index (χ4n) is 2.18. The number of nitrogens with zero attached hydrogens (tertiary/aromatic N) is 1. The van der Waals surface area contributed by atoms with Gasteiger partial charge in [0.05, 0.1) is 0 Å². The normalized spacial score (nSPS) is 15.0. The van der Waals surface area contributed by atoms with Crippen LogP contribution >= 0.6 is 0 Å². The van der Waals surface area contributed by atoms with Crippen molar-refractivity contribution in [1.82, 2.24) is 4.90 Å². The maximum absolute atomic E-state index is 12.5. The maximum atomic E-state index is 12.5. The van der Waals surface area contributed by atoms with Crippen molar-refractivity contribution in [3.63, 3.8) is 0 Å². The van der Waals surface area contributed by atoms with E-state index in [2.05, 4.69) is 5.32 Å². The van der Waals surface area contributed by atoms with Gasteiger partial charge >= 0.3 is 0 Å². The number of nitrogens with one attached hydrogen (secondary N) is 1. The highest BCUT2D eigenvalue weighted by molar-refractivity contribution is 6.00. The van der Waals surface area contributed by atoms with Crippen LogP contribution in [0.25, 0.3) is 0 Å². The quantitative estimate of drug-likeness (QED) is 0.927. The molecule has 0 saturated carbocycles. The highest BCUT2D eigenvalue weighted by Gasteiger charge is 2.36. The molecule has 1 N–H and O–H groups in total. The first kappa shape index (κ1) is 15.0. The van der Waals surface area contributed by atoms with E-state index in [4.69, 9.17) is 0 Å². The molecule has 1 aliphatic heterocycles. The predicted molar refractivity (Wildman–Crippen MR) is 83.6 cm³/mol. The predicted octanol–water partition coefficient (Wildman–Crippen LogP) is 3.01. The van der Waals surface area contributed by atoms with Crippen LogP contribution in [-0.2, 0) is 9.59 Å². The molecule has 0 atom stereocenters. The zero-order valence-electron chi connectivity index (χ0n) is 12.6. The van der Waals surface area contributed by atoms with Gasteiger partial charge in [-0.2, -0.15) is 0 Å². The van der Waals surface area contributed by atoms with Crippen molar-refractivity contribution in [1.29, 1.82) is 0 Å². The summed E-state index contributed by atoms with van der Waals surface area (Å²) >= 11 is 0. The topological polar surface area (TPSA) is 49.4 Å². The SMILES string of the molecule is Cc1cccc(NC(=O)C(C)(C)N2C=CC=CCC2=O)c1. The Hall–Kier alpha value is -2.36. The summed E-state index contributed by atoms with van der Waals surface area (Å²) in [7, 11) is 0. The number of anilines is 1. The minimum atomic E-state index is -0.955. The molecule has 0 unspecified atom stereocenters. The number of hydrogen-bond donors (Lipinski definition) is 1. The van der Waals surface area contributed by atoms with Crippen LogP contribution in [0.4, 0.5) is 5.69 Å². The molecule has 0 bridgehead atoms. The van der Waals surface area contributed by atoms with Crippen LogP contribution in [0.5, 0.6) is 0 Å². The molecular weight excluding hydrogens is 264 g/mol. The third-order valence-corrected chi connectivity index (χ3v) is 3.48. The molecule has 0 spiro atoms. The summed E-state index contributed by atoms with van der Waals surface area (Å²) in [6.07, 6.45) is 7.32. The van der Waals surface area contributed by atoms with Crippen LogP contribution in [0.2, 0.25) is 0 Å². The third-order valence-electron chi connectivity index (χ3n) is 3.48.